The number of piperazine rings is 1. The second-order valence-corrected chi connectivity index (χ2v) is 9.89. The van der Waals surface area contributed by atoms with Gasteiger partial charge in [-0.05, 0) is 49.7 Å². The Kier molecular flexibility index (Phi) is 7.54. The number of anilines is 2. The fourth-order valence-electron chi connectivity index (χ4n) is 4.29. The lowest BCUT2D eigenvalue weighted by Crippen LogP contribution is -2.48. The molecule has 6 heteroatoms. The average molecular weight is 439 g/mol. The molecular weight excluding hydrogens is 404 g/mol. The zero-order chi connectivity index (χ0) is 21.6. The first-order chi connectivity index (χ1) is 15.1. The summed E-state index contributed by atoms with van der Waals surface area (Å²) in [5.41, 5.74) is 4.00. The molecule has 0 atom stereocenters. The zero-order valence-electron chi connectivity index (χ0n) is 18.7. The van der Waals surface area contributed by atoms with Gasteiger partial charge >= 0.3 is 0 Å². The van der Waals surface area contributed by atoms with Crippen molar-refractivity contribution in [3.63, 3.8) is 0 Å². The number of amides is 1. The summed E-state index contributed by atoms with van der Waals surface area (Å²) in [6.07, 6.45) is 0. The van der Waals surface area contributed by atoms with E-state index in [9.17, 15) is 4.79 Å². The Morgan fingerprint density at radius 3 is 2.29 bits per heavy atom. The molecule has 2 fully saturated rings. The minimum Gasteiger partial charge on any atom is -0.369 e. The summed E-state index contributed by atoms with van der Waals surface area (Å²) in [6, 6.07) is 16.8. The molecule has 166 valence electrons. The van der Waals surface area contributed by atoms with E-state index in [1.54, 1.807) is 0 Å². The number of carbonyl (C=O) groups is 1. The normalized spacial score (nSPS) is 18.4. The molecule has 1 N–H and O–H groups in total. The smallest absolute Gasteiger partial charge is 0.255 e. The third kappa shape index (κ3) is 5.82. The van der Waals surface area contributed by atoms with Gasteiger partial charge in [0.1, 0.15) is 0 Å². The van der Waals surface area contributed by atoms with Gasteiger partial charge in [-0.2, -0.15) is 11.8 Å². The molecule has 2 aliphatic rings. The van der Waals surface area contributed by atoms with Gasteiger partial charge in [0.15, 0.2) is 0 Å². The van der Waals surface area contributed by atoms with E-state index in [1.807, 2.05) is 36.0 Å². The second kappa shape index (κ2) is 10.5. The maximum atomic E-state index is 12.9. The van der Waals surface area contributed by atoms with Crippen LogP contribution in [-0.2, 0) is 6.54 Å². The largest absolute Gasteiger partial charge is 0.369 e. The molecule has 2 heterocycles. The minimum atomic E-state index is -0.0437. The topological polar surface area (TPSA) is 38.8 Å². The number of hydrogen-bond donors (Lipinski definition) is 1. The summed E-state index contributed by atoms with van der Waals surface area (Å²) >= 11 is 2.02. The number of benzene rings is 2. The van der Waals surface area contributed by atoms with Crippen LogP contribution < -0.4 is 10.2 Å². The van der Waals surface area contributed by atoms with E-state index in [1.165, 1.54) is 22.8 Å². The van der Waals surface area contributed by atoms with Crippen molar-refractivity contribution in [1.29, 1.82) is 0 Å². The third-order valence-corrected chi connectivity index (χ3v) is 7.24. The van der Waals surface area contributed by atoms with Crippen molar-refractivity contribution in [2.45, 2.75) is 26.4 Å². The van der Waals surface area contributed by atoms with Crippen LogP contribution in [0.1, 0.15) is 29.8 Å². The van der Waals surface area contributed by atoms with Crippen LogP contribution in [0.4, 0.5) is 11.4 Å². The highest BCUT2D eigenvalue weighted by molar-refractivity contribution is 7.99. The average Bonchev–Trinajstić information content (AvgIpc) is 2.81. The Balaban J connectivity index is 1.37. The van der Waals surface area contributed by atoms with Crippen molar-refractivity contribution in [2.24, 2.45) is 0 Å². The summed E-state index contributed by atoms with van der Waals surface area (Å²) in [7, 11) is 0. The van der Waals surface area contributed by atoms with Gasteiger partial charge in [-0.15, -0.1) is 0 Å². The molecule has 2 aliphatic heterocycles. The number of nitrogens with zero attached hydrogens (tertiary/aromatic N) is 3. The first-order valence-electron chi connectivity index (χ1n) is 11.4. The van der Waals surface area contributed by atoms with Gasteiger partial charge in [0.05, 0.1) is 0 Å². The monoisotopic (exact) mass is 438 g/mol. The van der Waals surface area contributed by atoms with Crippen molar-refractivity contribution >= 4 is 29.0 Å². The van der Waals surface area contributed by atoms with Crippen LogP contribution in [0, 0.1) is 0 Å². The fourth-order valence-corrected chi connectivity index (χ4v) is 5.27. The van der Waals surface area contributed by atoms with Crippen LogP contribution in [0.3, 0.4) is 0 Å². The Morgan fingerprint density at radius 1 is 0.935 bits per heavy atom. The second-order valence-electron chi connectivity index (χ2n) is 8.66. The summed E-state index contributed by atoms with van der Waals surface area (Å²) < 4.78 is 0. The van der Waals surface area contributed by atoms with Gasteiger partial charge < -0.3 is 10.2 Å². The van der Waals surface area contributed by atoms with E-state index >= 15 is 0 Å². The molecule has 0 bridgehead atoms. The maximum Gasteiger partial charge on any atom is 0.255 e. The van der Waals surface area contributed by atoms with Crippen molar-refractivity contribution in [2.75, 3.05) is 61.0 Å². The lowest BCUT2D eigenvalue weighted by Gasteiger charge is -2.38. The molecule has 0 spiro atoms. The fraction of sp³-hybridized carbons (Fsp3) is 0.480. The lowest BCUT2D eigenvalue weighted by atomic mass is 10.1. The van der Waals surface area contributed by atoms with Crippen LogP contribution >= 0.6 is 11.8 Å². The highest BCUT2D eigenvalue weighted by atomic mass is 32.2. The Morgan fingerprint density at radius 2 is 1.61 bits per heavy atom. The number of nitrogens with one attached hydrogen (secondary N) is 1. The standard InChI is InChI=1S/C25H34N4OS/c1-20(2)28-11-13-29(14-12-28)23-9-7-21(8-10-23)25(30)26-24-6-4-3-5-22(24)19-27-15-17-31-18-16-27/h3-10,20H,11-19H2,1-2H3,(H,26,30). The van der Waals surface area contributed by atoms with E-state index in [0.717, 1.165) is 51.5 Å². The zero-order valence-corrected chi connectivity index (χ0v) is 19.5. The first kappa shape index (κ1) is 22.2. The van der Waals surface area contributed by atoms with Gasteiger partial charge in [0.2, 0.25) is 0 Å². The Labute approximate surface area is 190 Å². The molecule has 2 aromatic carbocycles. The molecule has 0 aromatic heterocycles. The maximum absolute atomic E-state index is 12.9. The molecule has 1 amide bonds. The summed E-state index contributed by atoms with van der Waals surface area (Å²) in [6.45, 7) is 11.9. The van der Waals surface area contributed by atoms with Crippen molar-refractivity contribution in [1.82, 2.24) is 9.80 Å². The summed E-state index contributed by atoms with van der Waals surface area (Å²) in [4.78, 5) is 20.3. The molecule has 0 radical (unpaired) electrons. The van der Waals surface area contributed by atoms with Crippen LogP contribution in [0.25, 0.3) is 0 Å². The quantitative estimate of drug-likeness (QED) is 0.738. The Bertz CT molecular complexity index is 856. The molecule has 31 heavy (non-hydrogen) atoms. The molecule has 5 nitrogen and oxygen atoms in total. The molecule has 2 aromatic rings. The molecule has 0 aliphatic carbocycles. The highest BCUT2D eigenvalue weighted by Gasteiger charge is 2.19. The third-order valence-electron chi connectivity index (χ3n) is 6.30. The molecule has 2 saturated heterocycles. The number of para-hydroxylation sites is 1. The van der Waals surface area contributed by atoms with Gasteiger partial charge in [0, 0.05) is 80.3 Å². The van der Waals surface area contributed by atoms with E-state index < -0.39 is 0 Å². The van der Waals surface area contributed by atoms with E-state index in [-0.39, 0.29) is 5.91 Å². The number of thioether (sulfide) groups is 1. The van der Waals surface area contributed by atoms with Gasteiger partial charge in [-0.3, -0.25) is 14.6 Å². The highest BCUT2D eigenvalue weighted by Crippen LogP contribution is 2.22. The molecule has 0 saturated carbocycles. The Hall–Kier alpha value is -2.02. The molecule has 4 rings (SSSR count). The molecule has 0 unspecified atom stereocenters. The van der Waals surface area contributed by atoms with Crippen LogP contribution in [0.5, 0.6) is 0 Å². The SMILES string of the molecule is CC(C)N1CCN(c2ccc(C(=O)Nc3ccccc3CN3CCSCC3)cc2)CC1. The summed E-state index contributed by atoms with van der Waals surface area (Å²) in [5, 5.41) is 3.14. The van der Waals surface area contributed by atoms with Gasteiger partial charge in [-0.25, -0.2) is 0 Å². The van der Waals surface area contributed by atoms with Gasteiger partial charge in [0.25, 0.3) is 5.91 Å². The van der Waals surface area contributed by atoms with Crippen LogP contribution in [0.15, 0.2) is 48.5 Å². The van der Waals surface area contributed by atoms with Gasteiger partial charge in [-0.1, -0.05) is 18.2 Å². The lowest BCUT2D eigenvalue weighted by molar-refractivity contribution is 0.102. The van der Waals surface area contributed by atoms with Crippen molar-refractivity contribution in [3.8, 4) is 0 Å². The van der Waals surface area contributed by atoms with Crippen molar-refractivity contribution < 1.29 is 4.79 Å². The van der Waals surface area contributed by atoms with E-state index in [0.29, 0.717) is 11.6 Å². The number of carbonyl (C=O) groups excluding carboxylic acids is 1. The number of hydrogen-bond acceptors (Lipinski definition) is 5. The number of rotatable bonds is 6. The van der Waals surface area contributed by atoms with Crippen molar-refractivity contribution in [3.05, 3.63) is 59.7 Å². The minimum absolute atomic E-state index is 0.0437. The predicted molar refractivity (Wildman–Crippen MR) is 132 cm³/mol. The van der Waals surface area contributed by atoms with E-state index in [2.05, 4.69) is 58.1 Å². The van der Waals surface area contributed by atoms with Crippen LogP contribution in [0.2, 0.25) is 0 Å². The molecular formula is C25H34N4OS. The summed E-state index contributed by atoms with van der Waals surface area (Å²) in [5.74, 6) is 2.33. The first-order valence-corrected chi connectivity index (χ1v) is 12.5. The van der Waals surface area contributed by atoms with Crippen LogP contribution in [-0.4, -0.2) is 72.5 Å². The predicted octanol–water partition coefficient (Wildman–Crippen LogP) is 4.02. The van der Waals surface area contributed by atoms with E-state index in [4.69, 9.17) is 0 Å².